The summed E-state index contributed by atoms with van der Waals surface area (Å²) in [5, 5.41) is 0. The van der Waals surface area contributed by atoms with Gasteiger partial charge in [-0.1, -0.05) is 19.8 Å². The fraction of sp³-hybridized carbons (Fsp3) is 0.714. The van der Waals surface area contributed by atoms with Gasteiger partial charge in [-0.15, -0.1) is 0 Å². The van der Waals surface area contributed by atoms with E-state index in [-0.39, 0.29) is 22.5 Å². The molecular formula is C14H23N3O4S. The van der Waals surface area contributed by atoms with Crippen LogP contribution in [0.5, 0.6) is 0 Å². The molecule has 8 heteroatoms. The molecule has 0 aliphatic heterocycles. The van der Waals surface area contributed by atoms with Gasteiger partial charge in [0, 0.05) is 25.8 Å². The van der Waals surface area contributed by atoms with Crippen LogP contribution >= 0.6 is 0 Å². The summed E-state index contributed by atoms with van der Waals surface area (Å²) in [5.41, 5.74) is -1.16. The van der Waals surface area contributed by atoms with E-state index < -0.39 is 21.3 Å². The lowest BCUT2D eigenvalue weighted by molar-refractivity contribution is 0.310. The molecule has 0 saturated heterocycles. The van der Waals surface area contributed by atoms with Crippen LogP contribution in [-0.4, -0.2) is 23.6 Å². The number of rotatable bonds is 3. The van der Waals surface area contributed by atoms with Crippen molar-refractivity contribution in [2.75, 3.05) is 0 Å². The Hall–Kier alpha value is -1.41. The van der Waals surface area contributed by atoms with Crippen LogP contribution in [0.3, 0.4) is 0 Å². The Morgan fingerprint density at radius 3 is 2.27 bits per heavy atom. The first-order valence-corrected chi connectivity index (χ1v) is 8.94. The number of aromatic nitrogens is 2. The largest absolute Gasteiger partial charge is 0.330 e. The summed E-state index contributed by atoms with van der Waals surface area (Å²) < 4.78 is 30.0. The fourth-order valence-corrected chi connectivity index (χ4v) is 4.73. The second-order valence-corrected chi connectivity index (χ2v) is 7.76. The average molecular weight is 329 g/mol. The van der Waals surface area contributed by atoms with Crippen molar-refractivity contribution >= 4 is 10.0 Å². The Kier molecular flexibility index (Phi) is 4.62. The molecule has 124 valence electrons. The smallest absolute Gasteiger partial charge is 0.300 e. The van der Waals surface area contributed by atoms with Crippen molar-refractivity contribution in [3.05, 3.63) is 26.5 Å². The highest BCUT2D eigenvalue weighted by molar-refractivity contribution is 7.89. The van der Waals surface area contributed by atoms with E-state index in [1.54, 1.807) is 0 Å². The van der Waals surface area contributed by atoms with Gasteiger partial charge in [0.1, 0.15) is 0 Å². The summed E-state index contributed by atoms with van der Waals surface area (Å²) in [6, 6.07) is -0.167. The molecule has 1 heterocycles. The summed E-state index contributed by atoms with van der Waals surface area (Å²) in [4.78, 5) is 23.8. The molecule has 22 heavy (non-hydrogen) atoms. The molecule has 0 radical (unpaired) electrons. The van der Waals surface area contributed by atoms with Gasteiger partial charge in [-0.25, -0.2) is 17.9 Å². The highest BCUT2D eigenvalue weighted by Crippen LogP contribution is 2.25. The molecule has 0 bridgehead atoms. The first-order chi connectivity index (χ1) is 10.2. The minimum atomic E-state index is -3.96. The zero-order valence-electron chi connectivity index (χ0n) is 13.4. The summed E-state index contributed by atoms with van der Waals surface area (Å²) in [6.45, 7) is 3.49. The van der Waals surface area contributed by atoms with E-state index >= 15 is 0 Å². The molecule has 2 rings (SSSR count). The normalized spacial score (nSPS) is 22.7. The van der Waals surface area contributed by atoms with E-state index in [0.29, 0.717) is 0 Å². The van der Waals surface area contributed by atoms with Crippen LogP contribution in [0.25, 0.3) is 0 Å². The Bertz CT molecular complexity index is 792. The first kappa shape index (κ1) is 17.0. The van der Waals surface area contributed by atoms with Crippen molar-refractivity contribution in [2.24, 2.45) is 20.0 Å². The van der Waals surface area contributed by atoms with Crippen LogP contribution in [0.2, 0.25) is 0 Å². The van der Waals surface area contributed by atoms with Crippen molar-refractivity contribution in [3.63, 3.8) is 0 Å². The fourth-order valence-electron chi connectivity index (χ4n) is 2.97. The third kappa shape index (κ3) is 2.89. The van der Waals surface area contributed by atoms with Crippen molar-refractivity contribution in [1.82, 2.24) is 13.9 Å². The minimum Gasteiger partial charge on any atom is -0.300 e. The maximum Gasteiger partial charge on any atom is 0.330 e. The molecule has 1 aliphatic rings. The number of hydrogen-bond donors (Lipinski definition) is 1. The summed E-state index contributed by atoms with van der Waals surface area (Å²) in [5.74, 6) is 0.236. The second-order valence-electron chi connectivity index (χ2n) is 6.11. The van der Waals surface area contributed by atoms with Gasteiger partial charge in [-0.3, -0.25) is 13.9 Å². The van der Waals surface area contributed by atoms with E-state index in [4.69, 9.17) is 0 Å². The van der Waals surface area contributed by atoms with E-state index in [1.165, 1.54) is 25.6 Å². The molecular weight excluding hydrogens is 306 g/mol. The minimum absolute atomic E-state index is 0.157. The molecule has 7 nitrogen and oxygen atoms in total. The van der Waals surface area contributed by atoms with Gasteiger partial charge in [-0.05, 0) is 25.7 Å². The van der Waals surface area contributed by atoms with Crippen LogP contribution in [-0.2, 0) is 24.1 Å². The lowest BCUT2D eigenvalue weighted by Crippen LogP contribution is -2.47. The van der Waals surface area contributed by atoms with Crippen LogP contribution in [0.4, 0.5) is 0 Å². The number of hydrogen-bond acceptors (Lipinski definition) is 4. The molecule has 1 saturated carbocycles. The van der Waals surface area contributed by atoms with Gasteiger partial charge < -0.3 is 0 Å². The van der Waals surface area contributed by atoms with Gasteiger partial charge >= 0.3 is 5.69 Å². The van der Waals surface area contributed by atoms with Crippen LogP contribution in [0, 0.1) is 12.8 Å². The average Bonchev–Trinajstić information content (AvgIpc) is 2.45. The van der Waals surface area contributed by atoms with Gasteiger partial charge in [0.05, 0.1) is 0 Å². The zero-order chi connectivity index (χ0) is 16.7. The van der Waals surface area contributed by atoms with Gasteiger partial charge in [0.2, 0.25) is 10.0 Å². The number of nitrogens with zero attached hydrogens (tertiary/aromatic N) is 2. The SMILES string of the molecule is Cc1c(S(=O)(=O)NC2CCCCC2C)c(=O)n(C)c(=O)n1C. The highest BCUT2D eigenvalue weighted by atomic mass is 32.2. The third-order valence-corrected chi connectivity index (χ3v) is 6.21. The predicted octanol–water partition coefficient (Wildman–Crippen LogP) is 0.249. The molecule has 2 atom stereocenters. The molecule has 1 aromatic heterocycles. The topological polar surface area (TPSA) is 90.2 Å². The molecule has 0 amide bonds. The van der Waals surface area contributed by atoms with Crippen molar-refractivity contribution in [3.8, 4) is 0 Å². The van der Waals surface area contributed by atoms with E-state index in [0.717, 1.165) is 30.3 Å². The molecule has 1 fully saturated rings. The van der Waals surface area contributed by atoms with Crippen molar-refractivity contribution in [2.45, 2.75) is 50.5 Å². The van der Waals surface area contributed by atoms with E-state index in [1.807, 2.05) is 6.92 Å². The predicted molar refractivity (Wildman–Crippen MR) is 83.4 cm³/mol. The van der Waals surface area contributed by atoms with Crippen molar-refractivity contribution < 1.29 is 8.42 Å². The Morgan fingerprint density at radius 1 is 1.09 bits per heavy atom. The van der Waals surface area contributed by atoms with Crippen LogP contribution in [0.1, 0.15) is 38.3 Å². The number of nitrogens with one attached hydrogen (secondary N) is 1. The zero-order valence-corrected chi connectivity index (χ0v) is 14.2. The van der Waals surface area contributed by atoms with Crippen LogP contribution < -0.4 is 16.0 Å². The van der Waals surface area contributed by atoms with Crippen LogP contribution in [0.15, 0.2) is 14.5 Å². The first-order valence-electron chi connectivity index (χ1n) is 7.45. The Labute approximate surface area is 130 Å². The quantitative estimate of drug-likeness (QED) is 0.861. The van der Waals surface area contributed by atoms with Crippen molar-refractivity contribution in [1.29, 1.82) is 0 Å². The summed E-state index contributed by atoms with van der Waals surface area (Å²) in [7, 11) is -1.22. The molecule has 1 aromatic rings. The third-order valence-electron chi connectivity index (χ3n) is 4.59. The van der Waals surface area contributed by atoms with Gasteiger partial charge in [0.15, 0.2) is 4.90 Å². The molecule has 0 spiro atoms. The lowest BCUT2D eigenvalue weighted by atomic mass is 9.87. The Balaban J connectivity index is 2.51. The Morgan fingerprint density at radius 2 is 1.68 bits per heavy atom. The summed E-state index contributed by atoms with van der Waals surface area (Å²) >= 11 is 0. The second kappa shape index (κ2) is 6.00. The number of sulfonamides is 1. The van der Waals surface area contributed by atoms with E-state index in [9.17, 15) is 18.0 Å². The van der Waals surface area contributed by atoms with Gasteiger partial charge in [-0.2, -0.15) is 0 Å². The standard InChI is InChI=1S/C14H23N3O4S/c1-9-7-5-6-8-11(9)15-22(20,21)12-10(2)16(3)14(19)17(4)13(12)18/h9,11,15H,5-8H2,1-4H3. The molecule has 2 unspecified atom stereocenters. The molecule has 0 aromatic carbocycles. The molecule has 1 N–H and O–H groups in total. The van der Waals surface area contributed by atoms with Gasteiger partial charge in [0.25, 0.3) is 5.56 Å². The highest BCUT2D eigenvalue weighted by Gasteiger charge is 2.30. The maximum atomic E-state index is 12.7. The summed E-state index contributed by atoms with van der Waals surface area (Å²) in [6.07, 6.45) is 3.81. The monoisotopic (exact) mass is 329 g/mol. The van der Waals surface area contributed by atoms with E-state index in [2.05, 4.69) is 4.72 Å². The lowest BCUT2D eigenvalue weighted by Gasteiger charge is -2.29. The molecule has 1 aliphatic carbocycles. The maximum absolute atomic E-state index is 12.7.